The Labute approximate surface area is 73.4 Å². The van der Waals surface area contributed by atoms with Crippen LogP contribution in [-0.4, -0.2) is 16.8 Å². The Morgan fingerprint density at radius 3 is 2.73 bits per heavy atom. The van der Waals surface area contributed by atoms with Crippen molar-refractivity contribution >= 4 is 17.6 Å². The summed E-state index contributed by atoms with van der Waals surface area (Å²) >= 11 is 1.97. The molecule has 3 N–H and O–H groups in total. The standard InChI is InChI=1S/C8H18N2S/c1-3-6-11-7(2)4-5-8(9)10/h7H,3-6H2,1-2H3,(H3,9,10). The molecule has 0 radical (unpaired) electrons. The zero-order valence-electron chi connectivity index (χ0n) is 7.39. The van der Waals surface area contributed by atoms with Gasteiger partial charge in [0.1, 0.15) is 0 Å². The highest BCUT2D eigenvalue weighted by molar-refractivity contribution is 7.99. The molecule has 0 aromatic rings. The van der Waals surface area contributed by atoms with Crippen LogP contribution in [0.15, 0.2) is 0 Å². The normalized spacial score (nSPS) is 12.9. The smallest absolute Gasteiger partial charge is 0.0905 e. The molecule has 0 aromatic heterocycles. The minimum absolute atomic E-state index is 0.314. The summed E-state index contributed by atoms with van der Waals surface area (Å²) in [6.45, 7) is 4.38. The molecule has 0 bridgehead atoms. The Bertz CT molecular complexity index is 115. The minimum atomic E-state index is 0.314. The van der Waals surface area contributed by atoms with E-state index in [1.165, 1.54) is 12.2 Å². The van der Waals surface area contributed by atoms with Gasteiger partial charge >= 0.3 is 0 Å². The van der Waals surface area contributed by atoms with Crippen molar-refractivity contribution in [3.63, 3.8) is 0 Å². The molecule has 66 valence electrons. The van der Waals surface area contributed by atoms with Crippen molar-refractivity contribution in [1.29, 1.82) is 5.41 Å². The molecule has 2 nitrogen and oxygen atoms in total. The lowest BCUT2D eigenvalue weighted by Crippen LogP contribution is -2.11. The van der Waals surface area contributed by atoms with Crippen LogP contribution in [0.4, 0.5) is 0 Å². The van der Waals surface area contributed by atoms with Crippen molar-refractivity contribution in [2.75, 3.05) is 5.75 Å². The average Bonchev–Trinajstić information content (AvgIpc) is 1.97. The Morgan fingerprint density at radius 1 is 1.64 bits per heavy atom. The van der Waals surface area contributed by atoms with E-state index in [0.717, 1.165) is 12.8 Å². The molecular weight excluding hydrogens is 156 g/mol. The van der Waals surface area contributed by atoms with Crippen LogP contribution in [0.1, 0.15) is 33.1 Å². The third-order valence-electron chi connectivity index (χ3n) is 1.43. The van der Waals surface area contributed by atoms with Gasteiger partial charge < -0.3 is 5.73 Å². The fourth-order valence-corrected chi connectivity index (χ4v) is 1.68. The monoisotopic (exact) mass is 174 g/mol. The Balaban J connectivity index is 3.22. The van der Waals surface area contributed by atoms with Gasteiger partial charge in [0.05, 0.1) is 5.84 Å². The number of thioether (sulfide) groups is 1. The lowest BCUT2D eigenvalue weighted by Gasteiger charge is -2.08. The second-order valence-corrected chi connectivity index (χ2v) is 4.29. The molecule has 0 saturated heterocycles. The zero-order valence-corrected chi connectivity index (χ0v) is 8.21. The molecule has 0 heterocycles. The molecule has 1 unspecified atom stereocenters. The van der Waals surface area contributed by atoms with Crippen molar-refractivity contribution in [3.05, 3.63) is 0 Å². The molecule has 1 atom stereocenters. The number of nitrogens with two attached hydrogens (primary N) is 1. The first-order valence-corrected chi connectivity index (χ1v) is 5.16. The van der Waals surface area contributed by atoms with E-state index in [2.05, 4.69) is 13.8 Å². The highest BCUT2D eigenvalue weighted by Gasteiger charge is 2.01. The van der Waals surface area contributed by atoms with Crippen molar-refractivity contribution in [2.45, 2.75) is 38.4 Å². The largest absolute Gasteiger partial charge is 0.388 e. The van der Waals surface area contributed by atoms with E-state index >= 15 is 0 Å². The third-order valence-corrected chi connectivity index (χ3v) is 2.88. The molecule has 0 aliphatic carbocycles. The number of rotatable bonds is 6. The predicted molar refractivity (Wildman–Crippen MR) is 53.4 cm³/mol. The van der Waals surface area contributed by atoms with Crippen molar-refractivity contribution in [3.8, 4) is 0 Å². The van der Waals surface area contributed by atoms with Gasteiger partial charge in [-0.05, 0) is 18.6 Å². The van der Waals surface area contributed by atoms with E-state index in [9.17, 15) is 0 Å². The molecule has 11 heavy (non-hydrogen) atoms. The summed E-state index contributed by atoms with van der Waals surface area (Å²) in [5.41, 5.74) is 5.24. The lowest BCUT2D eigenvalue weighted by atomic mass is 10.2. The van der Waals surface area contributed by atoms with Gasteiger partial charge in [0, 0.05) is 11.7 Å². The third kappa shape index (κ3) is 7.72. The topological polar surface area (TPSA) is 49.9 Å². The van der Waals surface area contributed by atoms with Crippen molar-refractivity contribution < 1.29 is 0 Å². The maximum absolute atomic E-state index is 7.03. The van der Waals surface area contributed by atoms with Crippen LogP contribution in [0.5, 0.6) is 0 Å². The first-order valence-electron chi connectivity index (χ1n) is 4.11. The SMILES string of the molecule is CCCSC(C)CCC(=N)N. The molecule has 0 aliphatic rings. The summed E-state index contributed by atoms with van der Waals surface area (Å²) in [5, 5.41) is 7.68. The summed E-state index contributed by atoms with van der Waals surface area (Å²) in [4.78, 5) is 0. The summed E-state index contributed by atoms with van der Waals surface area (Å²) in [6, 6.07) is 0. The molecule has 0 spiro atoms. The molecular formula is C8H18N2S. The summed E-state index contributed by atoms with van der Waals surface area (Å²) in [5.74, 6) is 1.54. The average molecular weight is 174 g/mol. The molecule has 0 rings (SSSR count). The van der Waals surface area contributed by atoms with Crippen LogP contribution in [0.2, 0.25) is 0 Å². The summed E-state index contributed by atoms with van der Waals surface area (Å²) < 4.78 is 0. The predicted octanol–water partition coefficient (Wildman–Crippen LogP) is 2.23. The van der Waals surface area contributed by atoms with Crippen LogP contribution in [0, 0.1) is 5.41 Å². The van der Waals surface area contributed by atoms with E-state index in [1.54, 1.807) is 0 Å². The van der Waals surface area contributed by atoms with Gasteiger partial charge in [-0.3, -0.25) is 5.41 Å². The minimum Gasteiger partial charge on any atom is -0.388 e. The Hall–Kier alpha value is -0.180. The summed E-state index contributed by atoms with van der Waals surface area (Å²) in [7, 11) is 0. The maximum atomic E-state index is 7.03. The highest BCUT2D eigenvalue weighted by Crippen LogP contribution is 2.15. The zero-order chi connectivity index (χ0) is 8.69. The summed E-state index contributed by atoms with van der Waals surface area (Å²) in [6.07, 6.45) is 3.02. The molecule has 0 fully saturated rings. The van der Waals surface area contributed by atoms with E-state index < -0.39 is 0 Å². The number of hydrogen-bond acceptors (Lipinski definition) is 2. The second-order valence-electron chi connectivity index (χ2n) is 2.75. The van der Waals surface area contributed by atoms with Crippen LogP contribution in [0.25, 0.3) is 0 Å². The molecule has 3 heteroatoms. The molecule has 0 amide bonds. The van der Waals surface area contributed by atoms with Crippen LogP contribution in [0.3, 0.4) is 0 Å². The van der Waals surface area contributed by atoms with Gasteiger partial charge in [-0.25, -0.2) is 0 Å². The van der Waals surface area contributed by atoms with Gasteiger partial charge in [-0.2, -0.15) is 11.8 Å². The van der Waals surface area contributed by atoms with Crippen LogP contribution in [-0.2, 0) is 0 Å². The number of hydrogen-bond donors (Lipinski definition) is 2. The Morgan fingerprint density at radius 2 is 2.27 bits per heavy atom. The quantitative estimate of drug-likeness (QED) is 0.479. The van der Waals surface area contributed by atoms with E-state index in [1.807, 2.05) is 11.8 Å². The molecule has 0 aromatic carbocycles. The van der Waals surface area contributed by atoms with Crippen LogP contribution < -0.4 is 5.73 Å². The second kappa shape index (κ2) is 6.53. The number of nitrogens with one attached hydrogen (secondary N) is 1. The first kappa shape index (κ1) is 10.8. The van der Waals surface area contributed by atoms with E-state index in [0.29, 0.717) is 11.1 Å². The fraction of sp³-hybridized carbons (Fsp3) is 0.875. The highest BCUT2D eigenvalue weighted by atomic mass is 32.2. The lowest BCUT2D eigenvalue weighted by molar-refractivity contribution is 0.844. The molecule has 0 saturated carbocycles. The maximum Gasteiger partial charge on any atom is 0.0905 e. The van der Waals surface area contributed by atoms with Crippen molar-refractivity contribution in [2.24, 2.45) is 5.73 Å². The Kier molecular flexibility index (Phi) is 6.42. The van der Waals surface area contributed by atoms with Gasteiger partial charge in [0.15, 0.2) is 0 Å². The number of amidine groups is 1. The van der Waals surface area contributed by atoms with Gasteiger partial charge in [0.25, 0.3) is 0 Å². The van der Waals surface area contributed by atoms with Crippen LogP contribution >= 0.6 is 11.8 Å². The van der Waals surface area contributed by atoms with E-state index in [-0.39, 0.29) is 0 Å². The first-order chi connectivity index (χ1) is 5.16. The van der Waals surface area contributed by atoms with Gasteiger partial charge in [-0.15, -0.1) is 0 Å². The van der Waals surface area contributed by atoms with E-state index in [4.69, 9.17) is 11.1 Å². The van der Waals surface area contributed by atoms with Gasteiger partial charge in [0.2, 0.25) is 0 Å². The molecule has 0 aliphatic heterocycles. The van der Waals surface area contributed by atoms with Gasteiger partial charge in [-0.1, -0.05) is 13.8 Å². The van der Waals surface area contributed by atoms with Crippen molar-refractivity contribution in [1.82, 2.24) is 0 Å². The fourth-order valence-electron chi connectivity index (χ4n) is 0.761.